The van der Waals surface area contributed by atoms with Gasteiger partial charge in [-0.05, 0) is 46.6 Å². The molecule has 1 aromatic heterocycles. The third-order valence-corrected chi connectivity index (χ3v) is 3.90. The van der Waals surface area contributed by atoms with Gasteiger partial charge in [0.1, 0.15) is 4.99 Å². The lowest BCUT2D eigenvalue weighted by Gasteiger charge is -2.17. The van der Waals surface area contributed by atoms with E-state index in [4.69, 9.17) is 18.0 Å². The summed E-state index contributed by atoms with van der Waals surface area (Å²) in [6, 6.07) is 7.02. The molecule has 0 radical (unpaired) electrons. The molecule has 104 valence electrons. The van der Waals surface area contributed by atoms with Crippen molar-refractivity contribution < 1.29 is 4.39 Å². The summed E-state index contributed by atoms with van der Waals surface area (Å²) >= 11 is 8.05. The van der Waals surface area contributed by atoms with E-state index in [1.807, 2.05) is 19.1 Å². The highest BCUT2D eigenvalue weighted by Gasteiger charge is 2.15. The maximum atomic E-state index is 14.3. The molecule has 0 aliphatic heterocycles. The third-order valence-electron chi connectivity index (χ3n) is 2.90. The van der Waals surface area contributed by atoms with Gasteiger partial charge in [0.25, 0.3) is 0 Å². The van der Waals surface area contributed by atoms with Gasteiger partial charge in [-0.25, -0.2) is 4.39 Å². The zero-order valence-corrected chi connectivity index (χ0v) is 13.1. The van der Waals surface area contributed by atoms with Crippen LogP contribution in [0.15, 0.2) is 41.1 Å². The normalized spacial score (nSPS) is 11.9. The molecule has 1 atom stereocenters. The van der Waals surface area contributed by atoms with Crippen molar-refractivity contribution in [2.45, 2.75) is 13.0 Å². The monoisotopic (exact) mass is 353 g/mol. The van der Waals surface area contributed by atoms with E-state index < -0.39 is 5.82 Å². The number of rotatable bonds is 4. The van der Waals surface area contributed by atoms with Gasteiger partial charge < -0.3 is 11.1 Å². The van der Waals surface area contributed by atoms with Crippen molar-refractivity contribution in [2.75, 3.05) is 5.32 Å². The molecule has 3 nitrogen and oxygen atoms in total. The molecular formula is C14H13BrFN3S. The second-order valence-corrected chi connectivity index (χ2v) is 5.54. The van der Waals surface area contributed by atoms with Gasteiger partial charge in [0.2, 0.25) is 0 Å². The molecule has 0 aliphatic rings. The number of nitrogens with one attached hydrogen (secondary N) is 1. The van der Waals surface area contributed by atoms with Crippen LogP contribution in [0, 0.1) is 5.82 Å². The molecule has 0 fully saturated rings. The molecule has 0 bridgehead atoms. The van der Waals surface area contributed by atoms with E-state index in [2.05, 4.69) is 26.2 Å². The second-order valence-electron chi connectivity index (χ2n) is 4.31. The number of anilines is 1. The average molecular weight is 354 g/mol. The lowest BCUT2D eigenvalue weighted by molar-refractivity contribution is 0.620. The molecule has 0 amide bonds. The summed E-state index contributed by atoms with van der Waals surface area (Å²) in [4.78, 5) is 4.20. The number of hydrogen-bond acceptors (Lipinski definition) is 3. The fourth-order valence-electron chi connectivity index (χ4n) is 1.80. The predicted octanol–water partition coefficient (Wildman–Crippen LogP) is 3.79. The quantitative estimate of drug-likeness (QED) is 0.821. The summed E-state index contributed by atoms with van der Waals surface area (Å²) in [5.74, 6) is -0.411. The molecule has 0 aliphatic carbocycles. The summed E-state index contributed by atoms with van der Waals surface area (Å²) in [5, 5.41) is 3.10. The van der Waals surface area contributed by atoms with Crippen molar-refractivity contribution in [3.8, 4) is 0 Å². The van der Waals surface area contributed by atoms with Crippen molar-refractivity contribution in [2.24, 2.45) is 5.73 Å². The second kappa shape index (κ2) is 6.28. The summed E-state index contributed by atoms with van der Waals surface area (Å²) in [6.07, 6.45) is 3.44. The van der Waals surface area contributed by atoms with Crippen LogP contribution in [0.1, 0.15) is 24.1 Å². The number of halogens is 2. The molecule has 3 N–H and O–H groups in total. The van der Waals surface area contributed by atoms with Crippen molar-refractivity contribution in [1.82, 2.24) is 4.98 Å². The first-order valence-corrected chi connectivity index (χ1v) is 7.15. The Morgan fingerprint density at radius 3 is 2.80 bits per heavy atom. The van der Waals surface area contributed by atoms with Crippen LogP contribution in [-0.2, 0) is 0 Å². The van der Waals surface area contributed by atoms with Crippen LogP contribution in [0.3, 0.4) is 0 Å². The van der Waals surface area contributed by atoms with Crippen LogP contribution >= 0.6 is 28.1 Å². The van der Waals surface area contributed by atoms with Gasteiger partial charge in [0.05, 0.1) is 16.2 Å². The van der Waals surface area contributed by atoms with Gasteiger partial charge >= 0.3 is 0 Å². The number of thiocarbonyl (C=S) groups is 1. The van der Waals surface area contributed by atoms with Crippen LogP contribution in [0.25, 0.3) is 0 Å². The summed E-state index contributed by atoms with van der Waals surface area (Å²) in [6.45, 7) is 1.94. The van der Waals surface area contributed by atoms with E-state index in [1.54, 1.807) is 24.5 Å². The van der Waals surface area contributed by atoms with E-state index in [0.29, 0.717) is 11.3 Å². The number of nitrogens with zero attached hydrogens (tertiary/aromatic N) is 1. The standard InChI is InChI=1S/C14H13BrFN3S/c1-8(9-3-2-6-18-7-9)19-11-5-4-10(14(17)20)12(15)13(11)16/h2-8,19H,1H3,(H2,17,20). The molecule has 1 heterocycles. The molecule has 2 aromatic rings. The predicted molar refractivity (Wildman–Crippen MR) is 86.3 cm³/mol. The number of nitrogens with two attached hydrogens (primary N) is 1. The minimum absolute atomic E-state index is 0.0687. The Kier molecular flexibility index (Phi) is 4.67. The van der Waals surface area contributed by atoms with Crippen LogP contribution in [0.2, 0.25) is 0 Å². The van der Waals surface area contributed by atoms with E-state index >= 15 is 0 Å². The van der Waals surface area contributed by atoms with Crippen molar-refractivity contribution >= 4 is 38.8 Å². The summed E-state index contributed by atoms with van der Waals surface area (Å²) in [5.41, 5.74) is 7.37. The number of pyridine rings is 1. The van der Waals surface area contributed by atoms with Gasteiger partial charge in [-0.1, -0.05) is 18.3 Å². The average Bonchev–Trinajstić information content (AvgIpc) is 2.44. The number of hydrogen-bond donors (Lipinski definition) is 2. The first kappa shape index (κ1) is 14.9. The highest BCUT2D eigenvalue weighted by molar-refractivity contribution is 9.10. The third kappa shape index (κ3) is 3.13. The molecule has 6 heteroatoms. The van der Waals surface area contributed by atoms with E-state index in [9.17, 15) is 4.39 Å². The van der Waals surface area contributed by atoms with Crippen LogP contribution < -0.4 is 11.1 Å². The van der Waals surface area contributed by atoms with Gasteiger partial charge in [-0.15, -0.1) is 0 Å². The Morgan fingerprint density at radius 1 is 1.45 bits per heavy atom. The molecule has 0 saturated heterocycles. The van der Waals surface area contributed by atoms with E-state index in [1.165, 1.54) is 0 Å². The summed E-state index contributed by atoms with van der Waals surface area (Å²) < 4.78 is 14.5. The molecule has 0 spiro atoms. The fraction of sp³-hybridized carbons (Fsp3) is 0.143. The zero-order chi connectivity index (χ0) is 14.7. The fourth-order valence-corrected chi connectivity index (χ4v) is 2.66. The van der Waals surface area contributed by atoms with Crippen molar-refractivity contribution in [3.05, 3.63) is 58.1 Å². The Bertz CT molecular complexity index is 634. The van der Waals surface area contributed by atoms with Gasteiger partial charge in [-0.3, -0.25) is 4.98 Å². The van der Waals surface area contributed by atoms with E-state index in [0.717, 1.165) is 5.56 Å². The van der Waals surface area contributed by atoms with Crippen molar-refractivity contribution in [1.29, 1.82) is 0 Å². The minimum Gasteiger partial charge on any atom is -0.389 e. The SMILES string of the molecule is CC(Nc1ccc(C(N)=S)c(Br)c1F)c1cccnc1. The first-order chi connectivity index (χ1) is 9.50. The van der Waals surface area contributed by atoms with Crippen LogP contribution in [-0.4, -0.2) is 9.97 Å². The molecule has 1 unspecified atom stereocenters. The Hall–Kier alpha value is -1.53. The molecule has 2 rings (SSSR count). The highest BCUT2D eigenvalue weighted by atomic mass is 79.9. The maximum Gasteiger partial charge on any atom is 0.161 e. The number of benzene rings is 1. The molecule has 20 heavy (non-hydrogen) atoms. The Labute approximate surface area is 130 Å². The van der Waals surface area contributed by atoms with E-state index in [-0.39, 0.29) is 15.5 Å². The minimum atomic E-state index is -0.411. The van der Waals surface area contributed by atoms with Gasteiger partial charge in [0, 0.05) is 18.0 Å². The summed E-state index contributed by atoms with van der Waals surface area (Å²) in [7, 11) is 0. The smallest absolute Gasteiger partial charge is 0.161 e. The molecular weight excluding hydrogens is 341 g/mol. The van der Waals surface area contributed by atoms with Gasteiger partial charge in [-0.2, -0.15) is 0 Å². The van der Waals surface area contributed by atoms with Gasteiger partial charge in [0.15, 0.2) is 5.82 Å². The molecule has 0 saturated carbocycles. The Balaban J connectivity index is 2.27. The highest BCUT2D eigenvalue weighted by Crippen LogP contribution is 2.29. The van der Waals surface area contributed by atoms with Crippen molar-refractivity contribution in [3.63, 3.8) is 0 Å². The Morgan fingerprint density at radius 2 is 2.20 bits per heavy atom. The molecule has 1 aromatic carbocycles. The zero-order valence-electron chi connectivity index (χ0n) is 10.7. The number of aromatic nitrogens is 1. The van der Waals surface area contributed by atoms with Crippen LogP contribution in [0.4, 0.5) is 10.1 Å². The largest absolute Gasteiger partial charge is 0.389 e. The van der Waals surface area contributed by atoms with Crippen LogP contribution in [0.5, 0.6) is 0 Å². The lowest BCUT2D eigenvalue weighted by Crippen LogP contribution is -2.13. The lowest BCUT2D eigenvalue weighted by atomic mass is 10.1. The first-order valence-electron chi connectivity index (χ1n) is 5.95. The topological polar surface area (TPSA) is 50.9 Å². The maximum absolute atomic E-state index is 14.3.